The van der Waals surface area contributed by atoms with E-state index in [0.29, 0.717) is 10.7 Å². The van der Waals surface area contributed by atoms with Gasteiger partial charge in [-0.2, -0.15) is 13.2 Å². The van der Waals surface area contributed by atoms with Crippen LogP contribution in [0.1, 0.15) is 52.6 Å². The zero-order valence-corrected chi connectivity index (χ0v) is 20.4. The molecule has 6 nitrogen and oxygen atoms in total. The summed E-state index contributed by atoms with van der Waals surface area (Å²) in [5.41, 5.74) is 2.69. The van der Waals surface area contributed by atoms with E-state index in [-0.39, 0.29) is 0 Å². The molecule has 188 valence electrons. The molecule has 0 fully saturated rings. The van der Waals surface area contributed by atoms with E-state index in [9.17, 15) is 27.9 Å². The predicted molar refractivity (Wildman–Crippen MR) is 131 cm³/mol. The van der Waals surface area contributed by atoms with Crippen LogP contribution < -0.4 is 10.4 Å². The second kappa shape index (κ2) is 8.92. The highest BCUT2D eigenvalue weighted by atomic mass is 32.2. The van der Waals surface area contributed by atoms with Crippen LogP contribution in [0, 0.1) is 0 Å². The quantitative estimate of drug-likeness (QED) is 0.542. The average molecular weight is 516 g/mol. The fourth-order valence-corrected chi connectivity index (χ4v) is 6.10. The lowest BCUT2D eigenvalue weighted by atomic mass is 9.91. The average Bonchev–Trinajstić information content (AvgIpc) is 3.02. The van der Waals surface area contributed by atoms with Crippen LogP contribution in [0.3, 0.4) is 0 Å². The van der Waals surface area contributed by atoms with E-state index in [1.165, 1.54) is 10.9 Å². The minimum Gasteiger partial charge on any atom is -0.502 e. The van der Waals surface area contributed by atoms with Crippen LogP contribution in [0.5, 0.6) is 5.75 Å². The Balaban J connectivity index is 1.79. The van der Waals surface area contributed by atoms with E-state index < -0.39 is 47.7 Å². The van der Waals surface area contributed by atoms with Gasteiger partial charge in [-0.05, 0) is 41.7 Å². The van der Waals surface area contributed by atoms with Crippen molar-refractivity contribution in [3.63, 3.8) is 0 Å². The number of aromatic hydroxyl groups is 1. The molecular formula is C26H24F3N3O3S. The topological polar surface area (TPSA) is 65.8 Å². The fourth-order valence-electron chi connectivity index (χ4n) is 4.93. The van der Waals surface area contributed by atoms with E-state index in [4.69, 9.17) is 0 Å². The van der Waals surface area contributed by atoms with Crippen molar-refractivity contribution in [1.82, 2.24) is 9.58 Å². The van der Waals surface area contributed by atoms with Crippen LogP contribution >= 0.6 is 11.8 Å². The number of aryl methyl sites for hydroxylation is 1. The maximum absolute atomic E-state index is 13.8. The molecule has 0 aliphatic carbocycles. The molecule has 0 saturated heterocycles. The Bertz CT molecular complexity index is 1410. The first-order chi connectivity index (χ1) is 17.1. The number of aromatic nitrogens is 1. The summed E-state index contributed by atoms with van der Waals surface area (Å²) in [6, 6.07) is 12.0. The number of halogens is 3. The third kappa shape index (κ3) is 3.84. The first kappa shape index (κ1) is 24.3. The van der Waals surface area contributed by atoms with E-state index in [1.54, 1.807) is 16.8 Å². The van der Waals surface area contributed by atoms with Crippen LogP contribution in [0.25, 0.3) is 0 Å². The minimum atomic E-state index is -4.70. The Morgan fingerprint density at radius 2 is 1.81 bits per heavy atom. The number of thioether (sulfide) groups is 1. The van der Waals surface area contributed by atoms with Gasteiger partial charge in [0.1, 0.15) is 12.7 Å². The van der Waals surface area contributed by atoms with Crippen LogP contribution in [-0.4, -0.2) is 39.5 Å². The van der Waals surface area contributed by atoms with Gasteiger partial charge in [0, 0.05) is 22.9 Å². The smallest absolute Gasteiger partial charge is 0.408 e. The van der Waals surface area contributed by atoms with Gasteiger partial charge in [-0.3, -0.25) is 19.3 Å². The van der Waals surface area contributed by atoms with E-state index in [1.807, 2.05) is 42.5 Å². The van der Waals surface area contributed by atoms with Crippen LogP contribution in [0.4, 0.5) is 13.2 Å². The molecule has 36 heavy (non-hydrogen) atoms. The van der Waals surface area contributed by atoms with Gasteiger partial charge < -0.3 is 10.0 Å². The maximum atomic E-state index is 13.8. The molecule has 0 bridgehead atoms. The maximum Gasteiger partial charge on any atom is 0.408 e. The molecule has 0 radical (unpaired) electrons. The molecule has 2 aliphatic rings. The number of amides is 1. The Kier molecular flexibility index (Phi) is 6.02. The molecule has 0 saturated carbocycles. The molecule has 1 aromatic heterocycles. The number of hydrogen-bond acceptors (Lipinski definition) is 5. The Morgan fingerprint density at radius 1 is 1.08 bits per heavy atom. The Morgan fingerprint density at radius 3 is 2.53 bits per heavy atom. The van der Waals surface area contributed by atoms with Gasteiger partial charge in [-0.25, -0.2) is 0 Å². The summed E-state index contributed by atoms with van der Waals surface area (Å²) >= 11 is 1.65. The number of nitrogens with zero attached hydrogens (tertiary/aromatic N) is 3. The summed E-state index contributed by atoms with van der Waals surface area (Å²) in [5.74, 6) is -1.24. The van der Waals surface area contributed by atoms with Gasteiger partial charge in [0.25, 0.3) is 5.91 Å². The van der Waals surface area contributed by atoms with Gasteiger partial charge in [-0.1, -0.05) is 43.3 Å². The number of carbonyl (C=O) groups excluding carboxylic acids is 1. The SMILES string of the molecule is CCc1cccc2c1CSc1ccccc1[C@H]2N1CN([C@H](C)C(F)(F)F)C(=O)c2c(O)c(=O)ccn21. The van der Waals surface area contributed by atoms with Crippen LogP contribution in [0.15, 0.2) is 64.4 Å². The lowest BCUT2D eigenvalue weighted by Crippen LogP contribution is -2.60. The van der Waals surface area contributed by atoms with Crippen molar-refractivity contribution < 1.29 is 23.1 Å². The predicted octanol–water partition coefficient (Wildman–Crippen LogP) is 4.81. The monoisotopic (exact) mass is 515 g/mol. The zero-order valence-electron chi connectivity index (χ0n) is 19.6. The van der Waals surface area contributed by atoms with Gasteiger partial charge in [0.2, 0.25) is 5.43 Å². The first-order valence-corrected chi connectivity index (χ1v) is 12.5. The summed E-state index contributed by atoms with van der Waals surface area (Å²) < 4.78 is 42.8. The molecule has 0 unspecified atom stereocenters. The third-order valence-electron chi connectivity index (χ3n) is 6.90. The highest BCUT2D eigenvalue weighted by molar-refractivity contribution is 7.98. The fraction of sp³-hybridized carbons (Fsp3) is 0.308. The zero-order chi connectivity index (χ0) is 25.8. The summed E-state index contributed by atoms with van der Waals surface area (Å²) in [6.07, 6.45) is -2.57. The molecule has 10 heteroatoms. The Labute approximate surface area is 209 Å². The highest BCUT2D eigenvalue weighted by Crippen LogP contribution is 2.44. The molecule has 1 amide bonds. The van der Waals surface area contributed by atoms with Gasteiger partial charge in [0.05, 0.1) is 6.04 Å². The van der Waals surface area contributed by atoms with Crippen molar-refractivity contribution in [3.05, 3.63) is 92.9 Å². The highest BCUT2D eigenvalue weighted by Gasteiger charge is 2.47. The van der Waals surface area contributed by atoms with Crippen molar-refractivity contribution in [2.75, 3.05) is 11.7 Å². The van der Waals surface area contributed by atoms with Crippen molar-refractivity contribution in [2.24, 2.45) is 0 Å². The number of carbonyl (C=O) groups is 1. The first-order valence-electron chi connectivity index (χ1n) is 11.5. The standard InChI is InChI=1S/C26H24F3N3O3S/c1-3-16-7-6-9-17-19(16)13-36-21-10-5-4-8-18(21)22(17)32-14-30(15(2)26(27,28)29)25(35)23-24(34)20(33)11-12-31(23)32/h4-12,15,22,34H,3,13-14H2,1-2H3/t15-,22+/m1/s1. The number of hydrogen-bond donors (Lipinski definition) is 1. The van der Waals surface area contributed by atoms with E-state index >= 15 is 0 Å². The van der Waals surface area contributed by atoms with Crippen molar-refractivity contribution in [3.8, 4) is 5.75 Å². The summed E-state index contributed by atoms with van der Waals surface area (Å²) in [6.45, 7) is 2.57. The van der Waals surface area contributed by atoms with Crippen molar-refractivity contribution in [2.45, 2.75) is 49.2 Å². The van der Waals surface area contributed by atoms with Crippen molar-refractivity contribution >= 4 is 17.7 Å². The molecule has 2 atom stereocenters. The number of rotatable bonds is 3. The molecule has 0 spiro atoms. The second-order valence-corrected chi connectivity index (χ2v) is 9.88. The lowest BCUT2D eigenvalue weighted by Gasteiger charge is -2.46. The number of fused-ring (bicyclic) bond motifs is 3. The van der Waals surface area contributed by atoms with Crippen LogP contribution in [0.2, 0.25) is 0 Å². The minimum absolute atomic E-state index is 0.395. The van der Waals surface area contributed by atoms with Gasteiger partial charge in [0.15, 0.2) is 11.4 Å². The lowest BCUT2D eigenvalue weighted by molar-refractivity contribution is -0.173. The van der Waals surface area contributed by atoms with E-state index in [2.05, 4.69) is 6.92 Å². The van der Waals surface area contributed by atoms with Gasteiger partial charge >= 0.3 is 6.18 Å². The van der Waals surface area contributed by atoms with Crippen LogP contribution in [-0.2, 0) is 12.2 Å². The molecular weight excluding hydrogens is 491 g/mol. The molecule has 3 heterocycles. The number of benzene rings is 2. The summed E-state index contributed by atoms with van der Waals surface area (Å²) in [5, 5.41) is 12.2. The van der Waals surface area contributed by atoms with E-state index in [0.717, 1.165) is 46.6 Å². The third-order valence-corrected chi connectivity index (χ3v) is 8.02. The van der Waals surface area contributed by atoms with Gasteiger partial charge in [-0.15, -0.1) is 11.8 Å². The Hall–Kier alpha value is -3.40. The largest absolute Gasteiger partial charge is 0.502 e. The van der Waals surface area contributed by atoms with Crippen molar-refractivity contribution in [1.29, 1.82) is 0 Å². The summed E-state index contributed by atoms with van der Waals surface area (Å²) in [7, 11) is 0. The molecule has 3 aromatic rings. The molecule has 1 N–H and O–H groups in total. The number of alkyl halides is 3. The normalized spacial score (nSPS) is 18.2. The number of pyridine rings is 1. The summed E-state index contributed by atoms with van der Waals surface area (Å²) in [4.78, 5) is 27.1. The molecule has 2 aromatic carbocycles. The second-order valence-electron chi connectivity index (χ2n) is 8.86. The molecule has 2 aliphatic heterocycles. The molecule has 5 rings (SSSR count).